The number of carbonyl (C=O) groups excluding carboxylic acids is 2. The van der Waals surface area contributed by atoms with Gasteiger partial charge in [0.05, 0.1) is 12.1 Å². The lowest BCUT2D eigenvalue weighted by Gasteiger charge is -2.09. The number of carbonyl (C=O) groups is 2. The summed E-state index contributed by atoms with van der Waals surface area (Å²) in [6, 6.07) is 12.2. The number of nitrogens with one attached hydrogen (secondary N) is 1. The first-order chi connectivity index (χ1) is 13.3. The summed E-state index contributed by atoms with van der Waals surface area (Å²) in [4.78, 5) is 23.6. The molecule has 2 aromatic rings. The van der Waals surface area contributed by atoms with Crippen molar-refractivity contribution >= 4 is 35.2 Å². The van der Waals surface area contributed by atoms with Gasteiger partial charge in [0.1, 0.15) is 17.4 Å². The molecule has 2 aromatic carbocycles. The van der Waals surface area contributed by atoms with E-state index in [1.165, 1.54) is 19.3 Å². The summed E-state index contributed by atoms with van der Waals surface area (Å²) in [5.41, 5.74) is 3.10. The number of halogens is 1. The summed E-state index contributed by atoms with van der Waals surface area (Å²) < 4.78 is 9.75. The number of methoxy groups -OCH3 is 1. The SMILES string of the molecule is COC(=O)COc1ccc(/C=C(\C#N)C(=O)Nc2ccc(C)cc2C)cc1Cl. The van der Waals surface area contributed by atoms with Crippen molar-refractivity contribution in [1.82, 2.24) is 0 Å². The molecule has 0 heterocycles. The number of anilines is 1. The van der Waals surface area contributed by atoms with Crippen LogP contribution in [0.25, 0.3) is 6.08 Å². The van der Waals surface area contributed by atoms with Crippen molar-refractivity contribution in [3.63, 3.8) is 0 Å². The maximum absolute atomic E-state index is 12.4. The fourth-order valence-electron chi connectivity index (χ4n) is 2.38. The average molecular weight is 399 g/mol. The van der Waals surface area contributed by atoms with Crippen LogP contribution < -0.4 is 10.1 Å². The van der Waals surface area contributed by atoms with E-state index in [1.54, 1.807) is 18.2 Å². The molecule has 1 amide bonds. The molecule has 0 fully saturated rings. The molecule has 0 bridgehead atoms. The van der Waals surface area contributed by atoms with Gasteiger partial charge in [-0.05, 0) is 49.2 Å². The second kappa shape index (κ2) is 9.58. The molecule has 0 atom stereocenters. The molecule has 0 radical (unpaired) electrons. The highest BCUT2D eigenvalue weighted by molar-refractivity contribution is 6.32. The van der Waals surface area contributed by atoms with E-state index in [1.807, 2.05) is 32.0 Å². The summed E-state index contributed by atoms with van der Waals surface area (Å²) in [7, 11) is 1.26. The maximum Gasteiger partial charge on any atom is 0.343 e. The van der Waals surface area contributed by atoms with Crippen LogP contribution in [-0.4, -0.2) is 25.6 Å². The average Bonchev–Trinajstić information content (AvgIpc) is 2.67. The normalized spacial score (nSPS) is 10.8. The summed E-state index contributed by atoms with van der Waals surface area (Å²) >= 11 is 6.14. The fourth-order valence-corrected chi connectivity index (χ4v) is 2.62. The third-order valence-corrected chi connectivity index (χ3v) is 4.13. The van der Waals surface area contributed by atoms with Gasteiger partial charge >= 0.3 is 5.97 Å². The van der Waals surface area contributed by atoms with E-state index >= 15 is 0 Å². The Morgan fingerprint density at radius 3 is 2.57 bits per heavy atom. The molecule has 0 aliphatic carbocycles. The van der Waals surface area contributed by atoms with Crippen molar-refractivity contribution in [2.24, 2.45) is 0 Å². The second-order valence-corrected chi connectivity index (χ2v) is 6.40. The van der Waals surface area contributed by atoms with Crippen LogP contribution in [0.4, 0.5) is 5.69 Å². The molecule has 0 aromatic heterocycles. The molecule has 0 aliphatic heterocycles. The lowest BCUT2D eigenvalue weighted by Crippen LogP contribution is -2.14. The Kier molecular flexibility index (Phi) is 7.19. The molecule has 0 spiro atoms. The highest BCUT2D eigenvalue weighted by Gasteiger charge is 2.12. The molecule has 2 rings (SSSR count). The molecule has 7 heteroatoms. The van der Waals surface area contributed by atoms with E-state index in [4.69, 9.17) is 16.3 Å². The van der Waals surface area contributed by atoms with Gasteiger partial charge in [0, 0.05) is 5.69 Å². The van der Waals surface area contributed by atoms with E-state index in [0.717, 1.165) is 11.1 Å². The lowest BCUT2D eigenvalue weighted by molar-refractivity contribution is -0.142. The number of esters is 1. The zero-order valence-electron chi connectivity index (χ0n) is 15.7. The highest BCUT2D eigenvalue weighted by Crippen LogP contribution is 2.26. The van der Waals surface area contributed by atoms with E-state index in [-0.39, 0.29) is 17.2 Å². The Morgan fingerprint density at radius 2 is 1.96 bits per heavy atom. The van der Waals surface area contributed by atoms with Crippen molar-refractivity contribution in [2.45, 2.75) is 13.8 Å². The van der Waals surface area contributed by atoms with Crippen molar-refractivity contribution < 1.29 is 19.1 Å². The number of rotatable bonds is 6. The van der Waals surface area contributed by atoms with Crippen LogP contribution >= 0.6 is 11.6 Å². The number of aryl methyl sites for hydroxylation is 2. The van der Waals surface area contributed by atoms with E-state index < -0.39 is 11.9 Å². The first-order valence-corrected chi connectivity index (χ1v) is 8.71. The van der Waals surface area contributed by atoms with Gasteiger partial charge in [-0.25, -0.2) is 4.79 Å². The zero-order valence-corrected chi connectivity index (χ0v) is 16.5. The smallest absolute Gasteiger partial charge is 0.343 e. The fraction of sp³-hybridized carbons (Fsp3) is 0.190. The Morgan fingerprint density at radius 1 is 1.21 bits per heavy atom. The zero-order chi connectivity index (χ0) is 20.7. The van der Waals surface area contributed by atoms with Crippen LogP contribution in [0.3, 0.4) is 0 Å². The van der Waals surface area contributed by atoms with Gasteiger partial charge in [-0.15, -0.1) is 0 Å². The quantitative estimate of drug-likeness (QED) is 0.450. The molecular formula is C21H19ClN2O4. The summed E-state index contributed by atoms with van der Waals surface area (Å²) in [6.45, 7) is 3.57. The first-order valence-electron chi connectivity index (χ1n) is 8.33. The topological polar surface area (TPSA) is 88.4 Å². The summed E-state index contributed by atoms with van der Waals surface area (Å²) in [5.74, 6) is -0.756. The third-order valence-electron chi connectivity index (χ3n) is 3.84. The Bertz CT molecular complexity index is 977. The van der Waals surface area contributed by atoms with Crippen molar-refractivity contribution in [3.8, 4) is 11.8 Å². The predicted octanol–water partition coefficient (Wildman–Crippen LogP) is 4.05. The van der Waals surface area contributed by atoms with Gasteiger partial charge in [0.2, 0.25) is 0 Å². The van der Waals surface area contributed by atoms with Crippen LogP contribution in [-0.2, 0) is 14.3 Å². The second-order valence-electron chi connectivity index (χ2n) is 6.00. The minimum atomic E-state index is -0.533. The number of nitrogens with zero attached hydrogens (tertiary/aromatic N) is 1. The molecule has 0 aliphatic rings. The number of hydrogen-bond donors (Lipinski definition) is 1. The van der Waals surface area contributed by atoms with E-state index in [2.05, 4.69) is 10.1 Å². The molecule has 0 saturated heterocycles. The molecule has 0 unspecified atom stereocenters. The van der Waals surface area contributed by atoms with Gasteiger partial charge in [-0.2, -0.15) is 5.26 Å². The Labute approximate surface area is 168 Å². The summed E-state index contributed by atoms with van der Waals surface area (Å²) in [5, 5.41) is 12.3. The molecule has 1 N–H and O–H groups in total. The van der Waals surface area contributed by atoms with Gasteiger partial charge in [-0.3, -0.25) is 4.79 Å². The number of benzene rings is 2. The highest BCUT2D eigenvalue weighted by atomic mass is 35.5. The monoisotopic (exact) mass is 398 g/mol. The van der Waals surface area contributed by atoms with Crippen LogP contribution in [0.15, 0.2) is 42.0 Å². The number of ether oxygens (including phenoxy) is 2. The van der Waals surface area contributed by atoms with Crippen LogP contribution in [0, 0.1) is 25.2 Å². The first kappa shape index (κ1) is 21.0. The largest absolute Gasteiger partial charge is 0.480 e. The van der Waals surface area contributed by atoms with E-state index in [9.17, 15) is 14.9 Å². The predicted molar refractivity (Wildman–Crippen MR) is 107 cm³/mol. The van der Waals surface area contributed by atoms with Crippen molar-refractivity contribution in [1.29, 1.82) is 5.26 Å². The molecular weight excluding hydrogens is 380 g/mol. The van der Waals surface area contributed by atoms with Gasteiger partial charge in [0.15, 0.2) is 6.61 Å². The minimum absolute atomic E-state index is 0.0701. The van der Waals surface area contributed by atoms with Crippen molar-refractivity contribution in [2.75, 3.05) is 19.0 Å². The van der Waals surface area contributed by atoms with Gasteiger partial charge < -0.3 is 14.8 Å². The number of amides is 1. The van der Waals surface area contributed by atoms with Crippen LogP contribution in [0.2, 0.25) is 5.02 Å². The Hall–Kier alpha value is -3.30. The molecule has 6 nitrogen and oxygen atoms in total. The number of hydrogen-bond acceptors (Lipinski definition) is 5. The van der Waals surface area contributed by atoms with Gasteiger partial charge in [-0.1, -0.05) is 35.4 Å². The van der Waals surface area contributed by atoms with Crippen LogP contribution in [0.1, 0.15) is 16.7 Å². The van der Waals surface area contributed by atoms with E-state index in [0.29, 0.717) is 17.0 Å². The third kappa shape index (κ3) is 5.60. The minimum Gasteiger partial charge on any atom is -0.480 e. The maximum atomic E-state index is 12.4. The van der Waals surface area contributed by atoms with Gasteiger partial charge in [0.25, 0.3) is 5.91 Å². The van der Waals surface area contributed by atoms with Crippen molar-refractivity contribution in [3.05, 3.63) is 63.7 Å². The molecule has 144 valence electrons. The van der Waals surface area contributed by atoms with Crippen LogP contribution in [0.5, 0.6) is 5.75 Å². The standard InChI is InChI=1S/C21H19ClN2O4/c1-13-4-6-18(14(2)8-13)24-21(26)16(11-23)9-15-5-7-19(17(22)10-15)28-12-20(25)27-3/h4-10H,12H2,1-3H3,(H,24,26)/b16-9+. The molecule has 0 saturated carbocycles. The molecule has 28 heavy (non-hydrogen) atoms. The Balaban J connectivity index is 2.17. The lowest BCUT2D eigenvalue weighted by atomic mass is 10.1. The summed E-state index contributed by atoms with van der Waals surface area (Å²) in [6.07, 6.45) is 1.43. The number of nitriles is 1.